The Kier molecular flexibility index (Phi) is 5.56. The minimum Gasteiger partial charge on any atom is -0.485 e. The molecule has 0 aliphatic carbocycles. The highest BCUT2D eigenvalue weighted by Gasteiger charge is 2.29. The third-order valence-corrected chi connectivity index (χ3v) is 4.53. The van der Waals surface area contributed by atoms with Crippen molar-refractivity contribution in [2.75, 3.05) is 13.2 Å². The predicted octanol–water partition coefficient (Wildman–Crippen LogP) is 3.77. The Labute approximate surface area is 152 Å². The first-order chi connectivity index (χ1) is 12.6. The molecule has 5 nitrogen and oxygen atoms in total. The highest BCUT2D eigenvalue weighted by molar-refractivity contribution is 5.98. The number of hydrogen-bond donors (Lipinski definition) is 0. The zero-order chi connectivity index (χ0) is 18.5. The monoisotopic (exact) mass is 354 g/mol. The SMILES string of the molecule is CC[C@H](C)c1ccc(C(=O)COC(=O)[C@H]2COc3ccccc3O2)cc1. The van der Waals surface area contributed by atoms with Gasteiger partial charge in [0.2, 0.25) is 6.10 Å². The molecule has 0 bridgehead atoms. The summed E-state index contributed by atoms with van der Waals surface area (Å²) in [5.41, 5.74) is 1.71. The van der Waals surface area contributed by atoms with Gasteiger partial charge < -0.3 is 14.2 Å². The van der Waals surface area contributed by atoms with Crippen LogP contribution in [0.25, 0.3) is 0 Å². The Hall–Kier alpha value is -2.82. The maximum atomic E-state index is 12.2. The normalized spacial score (nSPS) is 16.6. The van der Waals surface area contributed by atoms with Crippen LogP contribution >= 0.6 is 0 Å². The van der Waals surface area contributed by atoms with E-state index in [0.29, 0.717) is 23.0 Å². The van der Waals surface area contributed by atoms with E-state index in [2.05, 4.69) is 13.8 Å². The number of para-hydroxylation sites is 2. The molecule has 0 saturated carbocycles. The van der Waals surface area contributed by atoms with E-state index in [1.54, 1.807) is 30.3 Å². The van der Waals surface area contributed by atoms with Gasteiger partial charge in [-0.05, 0) is 30.0 Å². The predicted molar refractivity (Wildman–Crippen MR) is 96.8 cm³/mol. The fourth-order valence-electron chi connectivity index (χ4n) is 2.68. The summed E-state index contributed by atoms with van der Waals surface area (Å²) in [4.78, 5) is 24.4. The fourth-order valence-corrected chi connectivity index (χ4v) is 2.68. The van der Waals surface area contributed by atoms with Gasteiger partial charge in [-0.15, -0.1) is 0 Å². The standard InChI is InChI=1S/C21H22O5/c1-3-14(2)15-8-10-16(11-9-15)17(22)12-25-21(23)20-13-24-18-6-4-5-7-19(18)26-20/h4-11,14,20H,3,12-13H2,1-2H3/t14-,20+/m0/s1. The van der Waals surface area contributed by atoms with Crippen molar-refractivity contribution in [1.29, 1.82) is 0 Å². The first kappa shape index (κ1) is 18.0. The summed E-state index contributed by atoms with van der Waals surface area (Å²) in [6, 6.07) is 14.5. The van der Waals surface area contributed by atoms with Crippen molar-refractivity contribution in [3.8, 4) is 11.5 Å². The molecule has 2 aromatic carbocycles. The van der Waals surface area contributed by atoms with E-state index in [9.17, 15) is 9.59 Å². The molecule has 0 unspecified atom stereocenters. The van der Waals surface area contributed by atoms with Crippen molar-refractivity contribution in [1.82, 2.24) is 0 Å². The van der Waals surface area contributed by atoms with Crippen molar-refractivity contribution < 1.29 is 23.8 Å². The summed E-state index contributed by atoms with van der Waals surface area (Å²) in [5, 5.41) is 0. The first-order valence-corrected chi connectivity index (χ1v) is 8.76. The molecule has 2 aromatic rings. The van der Waals surface area contributed by atoms with Crippen molar-refractivity contribution in [3.05, 3.63) is 59.7 Å². The molecular weight excluding hydrogens is 332 g/mol. The molecule has 136 valence electrons. The number of esters is 1. The smallest absolute Gasteiger partial charge is 0.351 e. The average Bonchev–Trinajstić information content (AvgIpc) is 2.70. The fraction of sp³-hybridized carbons (Fsp3) is 0.333. The molecule has 1 aliphatic rings. The highest BCUT2D eigenvalue weighted by Crippen LogP contribution is 2.31. The second kappa shape index (κ2) is 8.04. The topological polar surface area (TPSA) is 61.8 Å². The molecule has 0 amide bonds. The Bertz CT molecular complexity index is 781. The van der Waals surface area contributed by atoms with Crippen LogP contribution in [0.3, 0.4) is 0 Å². The summed E-state index contributed by atoms with van der Waals surface area (Å²) in [7, 11) is 0. The van der Waals surface area contributed by atoms with E-state index in [-0.39, 0.29) is 19.0 Å². The van der Waals surface area contributed by atoms with Gasteiger partial charge in [-0.1, -0.05) is 50.2 Å². The molecule has 1 heterocycles. The average molecular weight is 354 g/mol. The number of carbonyl (C=O) groups excluding carboxylic acids is 2. The number of rotatable bonds is 6. The third kappa shape index (κ3) is 4.04. The van der Waals surface area contributed by atoms with Crippen LogP contribution in [0.15, 0.2) is 48.5 Å². The second-order valence-corrected chi connectivity index (χ2v) is 6.33. The molecule has 5 heteroatoms. The van der Waals surface area contributed by atoms with Gasteiger partial charge in [0, 0.05) is 5.56 Å². The van der Waals surface area contributed by atoms with Crippen molar-refractivity contribution in [3.63, 3.8) is 0 Å². The van der Waals surface area contributed by atoms with Gasteiger partial charge in [-0.3, -0.25) is 4.79 Å². The van der Waals surface area contributed by atoms with Crippen LogP contribution in [0.1, 0.15) is 42.1 Å². The van der Waals surface area contributed by atoms with Crippen molar-refractivity contribution in [2.45, 2.75) is 32.3 Å². The highest BCUT2D eigenvalue weighted by atomic mass is 16.6. The molecule has 0 aromatic heterocycles. The van der Waals surface area contributed by atoms with E-state index in [0.717, 1.165) is 6.42 Å². The van der Waals surface area contributed by atoms with Gasteiger partial charge in [-0.2, -0.15) is 0 Å². The summed E-state index contributed by atoms with van der Waals surface area (Å²) >= 11 is 0. The molecule has 1 aliphatic heterocycles. The van der Waals surface area contributed by atoms with Gasteiger partial charge in [0.25, 0.3) is 0 Å². The molecular formula is C21H22O5. The molecule has 0 saturated heterocycles. The minimum absolute atomic E-state index is 0.0631. The minimum atomic E-state index is -0.870. The van der Waals surface area contributed by atoms with Crippen LogP contribution in [0, 0.1) is 0 Å². The lowest BCUT2D eigenvalue weighted by Crippen LogP contribution is -2.38. The molecule has 0 radical (unpaired) electrons. The quantitative estimate of drug-likeness (QED) is 0.584. The summed E-state index contributed by atoms with van der Waals surface area (Å²) in [6.07, 6.45) is 0.169. The lowest BCUT2D eigenvalue weighted by Gasteiger charge is -2.24. The van der Waals surface area contributed by atoms with Crippen LogP contribution in [-0.4, -0.2) is 31.1 Å². The summed E-state index contributed by atoms with van der Waals surface area (Å²) in [6.45, 7) is 4.01. The molecule has 0 N–H and O–H groups in total. The number of Topliss-reactive ketones (excluding diaryl/α,β-unsaturated/α-hetero) is 1. The molecule has 2 atom stereocenters. The maximum Gasteiger partial charge on any atom is 0.351 e. The number of benzene rings is 2. The third-order valence-electron chi connectivity index (χ3n) is 4.53. The van der Waals surface area contributed by atoms with Gasteiger partial charge in [-0.25, -0.2) is 4.79 Å². The molecule has 26 heavy (non-hydrogen) atoms. The number of carbonyl (C=O) groups is 2. The largest absolute Gasteiger partial charge is 0.485 e. The van der Waals surface area contributed by atoms with E-state index >= 15 is 0 Å². The molecule has 3 rings (SSSR count). The van der Waals surface area contributed by atoms with Crippen LogP contribution < -0.4 is 9.47 Å². The molecule has 0 spiro atoms. The Morgan fingerprint density at radius 3 is 2.50 bits per heavy atom. The van der Waals surface area contributed by atoms with Gasteiger partial charge >= 0.3 is 5.97 Å². The number of ether oxygens (including phenoxy) is 3. The van der Waals surface area contributed by atoms with Crippen molar-refractivity contribution >= 4 is 11.8 Å². The zero-order valence-corrected chi connectivity index (χ0v) is 14.9. The lowest BCUT2D eigenvalue weighted by atomic mass is 9.97. The zero-order valence-electron chi connectivity index (χ0n) is 14.9. The summed E-state index contributed by atoms with van der Waals surface area (Å²) in [5.74, 6) is 0.681. The number of hydrogen-bond acceptors (Lipinski definition) is 5. The van der Waals surface area contributed by atoms with E-state index in [1.807, 2.05) is 18.2 Å². The second-order valence-electron chi connectivity index (χ2n) is 6.33. The Balaban J connectivity index is 1.54. The Morgan fingerprint density at radius 1 is 1.12 bits per heavy atom. The van der Waals surface area contributed by atoms with E-state index < -0.39 is 12.1 Å². The van der Waals surface area contributed by atoms with E-state index in [4.69, 9.17) is 14.2 Å². The Morgan fingerprint density at radius 2 is 1.81 bits per heavy atom. The first-order valence-electron chi connectivity index (χ1n) is 8.76. The van der Waals surface area contributed by atoms with Crippen LogP contribution in [-0.2, 0) is 9.53 Å². The lowest BCUT2D eigenvalue weighted by molar-refractivity contribution is -0.153. The van der Waals surface area contributed by atoms with E-state index in [1.165, 1.54) is 5.56 Å². The summed E-state index contributed by atoms with van der Waals surface area (Å²) < 4.78 is 16.2. The maximum absolute atomic E-state index is 12.2. The number of fused-ring (bicyclic) bond motifs is 1. The van der Waals surface area contributed by atoms with Crippen LogP contribution in [0.4, 0.5) is 0 Å². The van der Waals surface area contributed by atoms with Gasteiger partial charge in [0.05, 0.1) is 0 Å². The van der Waals surface area contributed by atoms with Gasteiger partial charge in [0.15, 0.2) is 23.9 Å². The van der Waals surface area contributed by atoms with Crippen LogP contribution in [0.5, 0.6) is 11.5 Å². The number of ketones is 1. The molecule has 0 fully saturated rings. The van der Waals surface area contributed by atoms with Crippen LogP contribution in [0.2, 0.25) is 0 Å². The van der Waals surface area contributed by atoms with Gasteiger partial charge in [0.1, 0.15) is 6.61 Å². The van der Waals surface area contributed by atoms with Crippen molar-refractivity contribution in [2.24, 2.45) is 0 Å².